The van der Waals surface area contributed by atoms with Gasteiger partial charge in [-0.05, 0) is 57.3 Å². The van der Waals surface area contributed by atoms with E-state index in [1.807, 2.05) is 6.07 Å². The molecule has 120 valence electrons. The van der Waals surface area contributed by atoms with E-state index in [0.29, 0.717) is 10.8 Å². The highest BCUT2D eigenvalue weighted by molar-refractivity contribution is 7.91. The fourth-order valence-electron chi connectivity index (χ4n) is 2.79. The Hall–Kier alpha value is -0.430. The molecule has 0 aliphatic carbocycles. The Balaban J connectivity index is 2.02. The van der Waals surface area contributed by atoms with E-state index in [1.165, 1.54) is 11.3 Å². The van der Waals surface area contributed by atoms with Crippen LogP contribution in [0.15, 0.2) is 16.3 Å². The van der Waals surface area contributed by atoms with E-state index in [2.05, 4.69) is 19.2 Å². The summed E-state index contributed by atoms with van der Waals surface area (Å²) in [5.41, 5.74) is 0. The van der Waals surface area contributed by atoms with Gasteiger partial charge >= 0.3 is 0 Å². The van der Waals surface area contributed by atoms with Crippen LogP contribution < -0.4 is 5.32 Å². The molecule has 0 saturated carbocycles. The summed E-state index contributed by atoms with van der Waals surface area (Å²) >= 11 is 1.43. The fraction of sp³-hybridized carbons (Fsp3) is 0.733. The van der Waals surface area contributed by atoms with E-state index in [1.54, 1.807) is 10.4 Å². The minimum absolute atomic E-state index is 0.187. The van der Waals surface area contributed by atoms with Gasteiger partial charge in [-0.3, -0.25) is 0 Å². The largest absolute Gasteiger partial charge is 0.316 e. The SMILES string of the molecule is CCCNCCc1ccc(S(=O)(=O)N2CCCC2CC)s1. The average Bonchev–Trinajstić information content (AvgIpc) is 3.12. The summed E-state index contributed by atoms with van der Waals surface area (Å²) in [5.74, 6) is 0. The molecule has 2 heterocycles. The highest BCUT2D eigenvalue weighted by Crippen LogP contribution is 2.31. The molecule has 1 atom stereocenters. The zero-order valence-electron chi connectivity index (χ0n) is 13.0. The summed E-state index contributed by atoms with van der Waals surface area (Å²) in [4.78, 5) is 1.14. The number of hydrogen-bond donors (Lipinski definition) is 1. The Morgan fingerprint density at radius 3 is 2.86 bits per heavy atom. The molecule has 2 rings (SSSR count). The molecule has 1 unspecified atom stereocenters. The Bertz CT molecular complexity index is 540. The van der Waals surface area contributed by atoms with Gasteiger partial charge in [-0.2, -0.15) is 4.31 Å². The maximum atomic E-state index is 12.7. The number of sulfonamides is 1. The van der Waals surface area contributed by atoms with Crippen molar-refractivity contribution in [3.05, 3.63) is 17.0 Å². The van der Waals surface area contributed by atoms with Gasteiger partial charge in [-0.1, -0.05) is 13.8 Å². The van der Waals surface area contributed by atoms with Crippen LogP contribution in [-0.4, -0.2) is 38.4 Å². The molecule has 1 aliphatic rings. The first-order valence-corrected chi connectivity index (χ1v) is 10.2. The Morgan fingerprint density at radius 2 is 2.14 bits per heavy atom. The first kappa shape index (κ1) is 16.9. The van der Waals surface area contributed by atoms with Crippen LogP contribution in [0.5, 0.6) is 0 Å². The minimum Gasteiger partial charge on any atom is -0.316 e. The second kappa shape index (κ2) is 7.72. The monoisotopic (exact) mass is 330 g/mol. The predicted molar refractivity (Wildman–Crippen MR) is 88.4 cm³/mol. The van der Waals surface area contributed by atoms with Crippen molar-refractivity contribution in [2.75, 3.05) is 19.6 Å². The number of hydrogen-bond acceptors (Lipinski definition) is 4. The summed E-state index contributed by atoms with van der Waals surface area (Å²) in [6.45, 7) is 6.81. The molecule has 1 aromatic heterocycles. The standard InChI is InChI=1S/C15H26N2O2S2/c1-3-10-16-11-9-14-7-8-15(20-14)21(18,19)17-12-5-6-13(17)4-2/h7-8,13,16H,3-6,9-12H2,1-2H3. The molecule has 1 N–H and O–H groups in total. The Labute approximate surface area is 132 Å². The van der Waals surface area contributed by atoms with Gasteiger partial charge in [0.2, 0.25) is 0 Å². The summed E-state index contributed by atoms with van der Waals surface area (Å²) < 4.78 is 27.6. The van der Waals surface area contributed by atoms with E-state index in [4.69, 9.17) is 0 Å². The third kappa shape index (κ3) is 4.06. The fourth-order valence-corrected chi connectivity index (χ4v) is 6.05. The van der Waals surface area contributed by atoms with Crippen LogP contribution in [0.25, 0.3) is 0 Å². The third-order valence-corrected chi connectivity index (χ3v) is 7.53. The van der Waals surface area contributed by atoms with Gasteiger partial charge in [0.05, 0.1) is 0 Å². The van der Waals surface area contributed by atoms with Gasteiger partial charge in [0, 0.05) is 17.5 Å². The lowest BCUT2D eigenvalue weighted by atomic mass is 10.2. The van der Waals surface area contributed by atoms with Crippen LogP contribution in [0.4, 0.5) is 0 Å². The van der Waals surface area contributed by atoms with Gasteiger partial charge < -0.3 is 5.32 Å². The molecule has 0 bridgehead atoms. The zero-order valence-corrected chi connectivity index (χ0v) is 14.6. The molecule has 4 nitrogen and oxygen atoms in total. The maximum Gasteiger partial charge on any atom is 0.252 e. The van der Waals surface area contributed by atoms with Crippen molar-refractivity contribution in [1.29, 1.82) is 0 Å². The molecule has 21 heavy (non-hydrogen) atoms. The number of thiophene rings is 1. The van der Waals surface area contributed by atoms with E-state index < -0.39 is 10.0 Å². The molecule has 6 heteroatoms. The molecule has 1 aliphatic heterocycles. The van der Waals surface area contributed by atoms with Crippen LogP contribution in [0.1, 0.15) is 44.4 Å². The molecular weight excluding hydrogens is 304 g/mol. The van der Waals surface area contributed by atoms with Crippen LogP contribution in [0.2, 0.25) is 0 Å². The molecule has 0 amide bonds. The van der Waals surface area contributed by atoms with Crippen LogP contribution in [0, 0.1) is 0 Å². The van der Waals surface area contributed by atoms with Crippen molar-refractivity contribution in [3.8, 4) is 0 Å². The van der Waals surface area contributed by atoms with Crippen molar-refractivity contribution >= 4 is 21.4 Å². The van der Waals surface area contributed by atoms with Crippen molar-refractivity contribution in [1.82, 2.24) is 9.62 Å². The second-order valence-electron chi connectivity index (χ2n) is 5.54. The molecule has 1 fully saturated rings. The van der Waals surface area contributed by atoms with Crippen LogP contribution in [-0.2, 0) is 16.4 Å². The van der Waals surface area contributed by atoms with Crippen LogP contribution in [0.3, 0.4) is 0 Å². The van der Waals surface area contributed by atoms with E-state index in [9.17, 15) is 8.42 Å². The molecular formula is C15H26N2O2S2. The number of nitrogens with zero attached hydrogens (tertiary/aromatic N) is 1. The van der Waals surface area contributed by atoms with Crippen molar-refractivity contribution in [3.63, 3.8) is 0 Å². The lowest BCUT2D eigenvalue weighted by molar-refractivity contribution is 0.380. The first-order valence-electron chi connectivity index (χ1n) is 7.90. The van der Waals surface area contributed by atoms with E-state index >= 15 is 0 Å². The quantitative estimate of drug-likeness (QED) is 0.746. The molecule has 0 aromatic carbocycles. The zero-order chi connectivity index (χ0) is 15.3. The molecule has 1 saturated heterocycles. The predicted octanol–water partition coefficient (Wildman–Crippen LogP) is 2.85. The topological polar surface area (TPSA) is 49.4 Å². The Kier molecular flexibility index (Phi) is 6.22. The normalized spacial score (nSPS) is 20.2. The van der Waals surface area contributed by atoms with Crippen molar-refractivity contribution in [2.45, 2.75) is 56.2 Å². The maximum absolute atomic E-state index is 12.7. The van der Waals surface area contributed by atoms with E-state index in [0.717, 1.165) is 50.1 Å². The highest BCUT2D eigenvalue weighted by Gasteiger charge is 2.34. The van der Waals surface area contributed by atoms with Gasteiger partial charge in [-0.25, -0.2) is 8.42 Å². The van der Waals surface area contributed by atoms with E-state index in [-0.39, 0.29) is 6.04 Å². The van der Waals surface area contributed by atoms with Crippen molar-refractivity contribution < 1.29 is 8.42 Å². The summed E-state index contributed by atoms with van der Waals surface area (Å²) in [7, 11) is -3.28. The smallest absolute Gasteiger partial charge is 0.252 e. The summed E-state index contributed by atoms with van der Waals surface area (Å²) in [5, 5.41) is 3.35. The highest BCUT2D eigenvalue weighted by atomic mass is 32.2. The molecule has 0 radical (unpaired) electrons. The molecule has 1 aromatic rings. The van der Waals surface area contributed by atoms with Gasteiger partial charge in [0.1, 0.15) is 4.21 Å². The van der Waals surface area contributed by atoms with Crippen LogP contribution >= 0.6 is 11.3 Å². The Morgan fingerprint density at radius 1 is 1.33 bits per heavy atom. The lowest BCUT2D eigenvalue weighted by Crippen LogP contribution is -2.34. The van der Waals surface area contributed by atoms with Crippen molar-refractivity contribution in [2.24, 2.45) is 0 Å². The van der Waals surface area contributed by atoms with Gasteiger partial charge in [-0.15, -0.1) is 11.3 Å². The third-order valence-electron chi connectivity index (χ3n) is 3.97. The molecule has 0 spiro atoms. The summed E-state index contributed by atoms with van der Waals surface area (Å²) in [6.07, 6.45) is 4.90. The average molecular weight is 331 g/mol. The number of rotatable bonds is 8. The van der Waals surface area contributed by atoms with Gasteiger partial charge in [0.15, 0.2) is 0 Å². The lowest BCUT2D eigenvalue weighted by Gasteiger charge is -2.21. The first-order chi connectivity index (χ1) is 10.1. The van der Waals surface area contributed by atoms with Gasteiger partial charge in [0.25, 0.3) is 10.0 Å². The second-order valence-corrected chi connectivity index (χ2v) is 8.83. The number of nitrogens with one attached hydrogen (secondary N) is 1. The minimum atomic E-state index is -3.28. The summed E-state index contributed by atoms with van der Waals surface area (Å²) in [6, 6.07) is 3.93.